The zero-order chi connectivity index (χ0) is 21.0. The van der Waals surface area contributed by atoms with Crippen LogP contribution in [0.3, 0.4) is 0 Å². The summed E-state index contributed by atoms with van der Waals surface area (Å²) in [6, 6.07) is 34.1. The topological polar surface area (TPSA) is 17.1 Å². The molecule has 8 rings (SSSR count). The molecule has 0 amide bonds. The highest BCUT2D eigenvalue weighted by Crippen LogP contribution is 2.47. The van der Waals surface area contributed by atoms with E-state index in [-0.39, 0.29) is 5.43 Å². The van der Waals surface area contributed by atoms with Crippen molar-refractivity contribution in [3.05, 3.63) is 107 Å². The van der Waals surface area contributed by atoms with Crippen molar-refractivity contribution in [3.8, 4) is 0 Å². The number of hydrogen-bond donors (Lipinski definition) is 0. The lowest BCUT2D eigenvalue weighted by atomic mass is 9.85. The molecule has 0 spiro atoms. The number of benzene rings is 7. The number of fused-ring (bicyclic) bond motifs is 6. The first kappa shape index (κ1) is 16.5. The number of rotatable bonds is 0. The molecule has 0 heterocycles. The smallest absolute Gasteiger partial charge is 0.194 e. The van der Waals surface area contributed by atoms with E-state index in [2.05, 4.69) is 72.8 Å². The summed E-state index contributed by atoms with van der Waals surface area (Å²) in [5, 5.41) is 15.9. The lowest BCUT2D eigenvalue weighted by molar-refractivity contribution is 1.77. The van der Waals surface area contributed by atoms with Gasteiger partial charge in [-0.2, -0.15) is 0 Å². The van der Waals surface area contributed by atoms with E-state index in [1.165, 1.54) is 43.1 Å². The van der Waals surface area contributed by atoms with Crippen molar-refractivity contribution in [2.75, 3.05) is 0 Å². The van der Waals surface area contributed by atoms with Crippen LogP contribution in [0.5, 0.6) is 0 Å². The van der Waals surface area contributed by atoms with Gasteiger partial charge in [0.2, 0.25) is 0 Å². The van der Waals surface area contributed by atoms with E-state index in [4.69, 9.17) is 0 Å². The maximum atomic E-state index is 14.0. The fraction of sp³-hybridized carbons (Fsp3) is 0. The van der Waals surface area contributed by atoms with Gasteiger partial charge < -0.3 is 0 Å². The summed E-state index contributed by atoms with van der Waals surface area (Å²) >= 11 is 0. The molecular formula is C31H16O. The van der Waals surface area contributed by atoms with Crippen molar-refractivity contribution in [2.45, 2.75) is 0 Å². The van der Waals surface area contributed by atoms with E-state index < -0.39 is 0 Å². The van der Waals surface area contributed by atoms with Crippen LogP contribution in [0.1, 0.15) is 0 Å². The first-order valence-electron chi connectivity index (χ1n) is 11.0. The van der Waals surface area contributed by atoms with Gasteiger partial charge in [-0.1, -0.05) is 97.1 Å². The van der Waals surface area contributed by atoms with Gasteiger partial charge >= 0.3 is 0 Å². The van der Waals surface area contributed by atoms with E-state index in [0.29, 0.717) is 0 Å². The van der Waals surface area contributed by atoms with Crippen LogP contribution < -0.4 is 5.43 Å². The summed E-state index contributed by atoms with van der Waals surface area (Å²) in [6.45, 7) is 0. The van der Waals surface area contributed by atoms with Crippen LogP contribution in [0.4, 0.5) is 0 Å². The molecule has 0 N–H and O–H groups in total. The third-order valence-electron chi connectivity index (χ3n) is 7.32. The molecule has 0 aliphatic rings. The zero-order valence-corrected chi connectivity index (χ0v) is 17.1. The van der Waals surface area contributed by atoms with Crippen molar-refractivity contribution in [1.82, 2.24) is 0 Å². The average Bonchev–Trinajstić information content (AvgIpc) is 2.97. The predicted octanol–water partition coefficient (Wildman–Crippen LogP) is 7.99. The SMILES string of the molecule is O=c1c2cccc3ccc4c5ccccc5c5c6ccccc6c6cccc1c6c5c4c32. The minimum Gasteiger partial charge on any atom is -0.289 e. The molecule has 8 aromatic carbocycles. The Labute approximate surface area is 182 Å². The minimum absolute atomic E-state index is 0.116. The molecule has 0 saturated carbocycles. The van der Waals surface area contributed by atoms with E-state index in [0.717, 1.165) is 32.3 Å². The van der Waals surface area contributed by atoms with E-state index in [1.54, 1.807) is 0 Å². The fourth-order valence-electron chi connectivity index (χ4n) is 6.09. The molecule has 0 aliphatic heterocycles. The molecule has 8 aromatic rings. The van der Waals surface area contributed by atoms with Crippen LogP contribution in [0.2, 0.25) is 0 Å². The number of hydrogen-bond acceptors (Lipinski definition) is 1. The Morgan fingerprint density at radius 3 is 1.47 bits per heavy atom. The molecule has 0 aromatic heterocycles. The summed E-state index contributed by atoms with van der Waals surface area (Å²) in [5.74, 6) is 0. The summed E-state index contributed by atoms with van der Waals surface area (Å²) < 4.78 is 0. The van der Waals surface area contributed by atoms with Gasteiger partial charge in [0.25, 0.3) is 0 Å². The quantitative estimate of drug-likeness (QED) is 0.234. The van der Waals surface area contributed by atoms with Crippen LogP contribution in [0.25, 0.3) is 75.4 Å². The van der Waals surface area contributed by atoms with Crippen LogP contribution in [-0.2, 0) is 0 Å². The lowest BCUT2D eigenvalue weighted by Crippen LogP contribution is -1.98. The summed E-state index contributed by atoms with van der Waals surface area (Å²) in [6.07, 6.45) is 0. The molecule has 0 saturated heterocycles. The fourth-order valence-corrected chi connectivity index (χ4v) is 6.09. The molecule has 0 aliphatic carbocycles. The molecule has 32 heavy (non-hydrogen) atoms. The Hall–Kier alpha value is -4.23. The van der Waals surface area contributed by atoms with Gasteiger partial charge in [-0.25, -0.2) is 0 Å². The monoisotopic (exact) mass is 404 g/mol. The summed E-state index contributed by atoms with van der Waals surface area (Å²) in [4.78, 5) is 14.0. The minimum atomic E-state index is 0.116. The van der Waals surface area contributed by atoms with Gasteiger partial charge in [-0.3, -0.25) is 4.79 Å². The van der Waals surface area contributed by atoms with Crippen LogP contribution in [0, 0.1) is 0 Å². The van der Waals surface area contributed by atoms with Gasteiger partial charge in [0, 0.05) is 26.9 Å². The summed E-state index contributed by atoms with van der Waals surface area (Å²) in [5.41, 5.74) is 0.116. The maximum Gasteiger partial charge on any atom is 0.194 e. The molecule has 0 bridgehead atoms. The van der Waals surface area contributed by atoms with E-state index in [1.807, 2.05) is 24.3 Å². The van der Waals surface area contributed by atoms with Crippen LogP contribution in [0.15, 0.2) is 102 Å². The van der Waals surface area contributed by atoms with E-state index in [9.17, 15) is 4.79 Å². The van der Waals surface area contributed by atoms with Crippen molar-refractivity contribution in [1.29, 1.82) is 0 Å². The first-order chi connectivity index (χ1) is 15.8. The van der Waals surface area contributed by atoms with Crippen molar-refractivity contribution in [2.24, 2.45) is 0 Å². The third-order valence-corrected chi connectivity index (χ3v) is 7.32. The summed E-state index contributed by atoms with van der Waals surface area (Å²) in [7, 11) is 0. The highest BCUT2D eigenvalue weighted by Gasteiger charge is 2.21. The highest BCUT2D eigenvalue weighted by molar-refractivity contribution is 6.45. The van der Waals surface area contributed by atoms with Gasteiger partial charge in [-0.05, 0) is 48.5 Å². The van der Waals surface area contributed by atoms with Crippen molar-refractivity contribution in [3.63, 3.8) is 0 Å². The standard InChI is InChI=1S/C31H16O/c32-31-24-13-5-7-17-15-16-23-19-9-2-4-11-21(19)27-20-10-3-1-8-18(20)22-12-6-14-25(31)28(22)30(27)29(23)26(17)24/h1-16H. The second kappa shape index (κ2) is 5.52. The Morgan fingerprint density at radius 2 is 0.781 bits per heavy atom. The molecule has 0 fully saturated rings. The van der Waals surface area contributed by atoms with Crippen molar-refractivity contribution >= 4 is 75.4 Å². The molecular weight excluding hydrogens is 388 g/mol. The third kappa shape index (κ3) is 1.76. The van der Waals surface area contributed by atoms with E-state index >= 15 is 0 Å². The van der Waals surface area contributed by atoms with Gasteiger partial charge in [-0.15, -0.1) is 0 Å². The molecule has 146 valence electrons. The molecule has 0 radical (unpaired) electrons. The molecule has 1 heteroatoms. The average molecular weight is 404 g/mol. The second-order valence-electron chi connectivity index (χ2n) is 8.79. The lowest BCUT2D eigenvalue weighted by Gasteiger charge is -2.17. The maximum absolute atomic E-state index is 14.0. The normalized spacial score (nSPS) is 12.5. The Morgan fingerprint density at radius 1 is 0.312 bits per heavy atom. The van der Waals surface area contributed by atoms with Gasteiger partial charge in [0.05, 0.1) is 0 Å². The first-order valence-corrected chi connectivity index (χ1v) is 11.0. The van der Waals surface area contributed by atoms with Gasteiger partial charge in [0.15, 0.2) is 5.43 Å². The molecule has 1 nitrogen and oxygen atoms in total. The van der Waals surface area contributed by atoms with Crippen molar-refractivity contribution < 1.29 is 0 Å². The largest absolute Gasteiger partial charge is 0.289 e. The van der Waals surface area contributed by atoms with Crippen LogP contribution in [-0.4, -0.2) is 0 Å². The Kier molecular flexibility index (Phi) is 2.84. The highest BCUT2D eigenvalue weighted by atomic mass is 16.1. The predicted molar refractivity (Wildman–Crippen MR) is 138 cm³/mol. The molecule has 0 unspecified atom stereocenters. The Balaban J connectivity index is 2.00. The molecule has 0 atom stereocenters. The zero-order valence-electron chi connectivity index (χ0n) is 17.1. The Bertz CT molecular complexity index is 2080. The van der Waals surface area contributed by atoms with Crippen LogP contribution >= 0.6 is 0 Å². The second-order valence-corrected chi connectivity index (χ2v) is 8.79. The van der Waals surface area contributed by atoms with Gasteiger partial charge in [0.1, 0.15) is 0 Å².